The zero-order valence-electron chi connectivity index (χ0n) is 9.65. The van der Waals surface area contributed by atoms with Gasteiger partial charge in [0.2, 0.25) is 5.91 Å². The Hall–Kier alpha value is -1.43. The maximum atomic E-state index is 13.1. The van der Waals surface area contributed by atoms with Crippen molar-refractivity contribution in [3.05, 3.63) is 29.8 Å². The Morgan fingerprint density at radius 1 is 1.33 bits per heavy atom. The Morgan fingerprint density at radius 3 is 2.50 bits per heavy atom. The fraction of sp³-hybridized carbons (Fsp3) is 0.333. The van der Waals surface area contributed by atoms with E-state index in [1.165, 1.54) is 11.8 Å². The summed E-state index contributed by atoms with van der Waals surface area (Å²) in [7, 11) is 0. The van der Waals surface area contributed by atoms with Crippen LogP contribution >= 0.6 is 11.8 Å². The Morgan fingerprint density at radius 2 is 1.94 bits per heavy atom. The second-order valence-electron chi connectivity index (χ2n) is 4.07. The third kappa shape index (κ3) is 2.87. The number of amides is 1. The normalized spacial score (nSPS) is 19.4. The largest absolute Gasteiger partial charge is 0.311 e. The van der Waals surface area contributed by atoms with E-state index in [-0.39, 0.29) is 28.4 Å². The van der Waals surface area contributed by atoms with Crippen molar-refractivity contribution in [2.45, 2.75) is 18.6 Å². The lowest BCUT2D eigenvalue weighted by atomic mass is 10.3. The fourth-order valence-corrected chi connectivity index (χ4v) is 2.85. The smallest absolute Gasteiger partial charge is 0.228 e. The minimum atomic E-state index is -0.722. The summed E-state index contributed by atoms with van der Waals surface area (Å²) in [6.07, 6.45) is 0.211. The van der Waals surface area contributed by atoms with Crippen LogP contribution in [0.25, 0.3) is 0 Å². The molecule has 1 aromatic carbocycles. The monoisotopic (exact) mass is 271 g/mol. The van der Waals surface area contributed by atoms with Gasteiger partial charge < -0.3 is 4.90 Å². The van der Waals surface area contributed by atoms with Gasteiger partial charge in [0.05, 0.1) is 0 Å². The Labute approximate surface area is 107 Å². The molecule has 0 N–H and O–H groups in total. The van der Waals surface area contributed by atoms with E-state index >= 15 is 0 Å². The minimum absolute atomic E-state index is 0.0694. The lowest BCUT2D eigenvalue weighted by Gasteiger charge is -2.16. The standard InChI is InChI=1S/C12H11F2NO2S/c1-7(16)18-11-5-12(17)15(6-11)10-3-8(13)2-9(14)4-10/h2-4,11H,5-6H2,1H3. The van der Waals surface area contributed by atoms with Gasteiger partial charge in [0, 0.05) is 36.9 Å². The Balaban J connectivity index is 2.18. The van der Waals surface area contributed by atoms with E-state index in [9.17, 15) is 18.4 Å². The fourth-order valence-electron chi connectivity index (χ4n) is 1.93. The molecule has 96 valence electrons. The third-order valence-electron chi connectivity index (χ3n) is 2.58. The van der Waals surface area contributed by atoms with Crippen LogP contribution in [0.1, 0.15) is 13.3 Å². The second-order valence-corrected chi connectivity index (χ2v) is 5.54. The summed E-state index contributed by atoms with van der Waals surface area (Å²) in [6.45, 7) is 1.73. The number of anilines is 1. The first-order valence-electron chi connectivity index (χ1n) is 5.39. The Bertz CT molecular complexity index is 487. The van der Waals surface area contributed by atoms with Crippen molar-refractivity contribution in [2.75, 3.05) is 11.4 Å². The van der Waals surface area contributed by atoms with Crippen LogP contribution in [0.4, 0.5) is 14.5 Å². The van der Waals surface area contributed by atoms with Gasteiger partial charge in [-0.1, -0.05) is 11.8 Å². The number of halogens is 2. The van der Waals surface area contributed by atoms with Crippen LogP contribution in [-0.2, 0) is 9.59 Å². The maximum absolute atomic E-state index is 13.1. The summed E-state index contributed by atoms with van der Waals surface area (Å²) >= 11 is 1.08. The number of nitrogens with zero attached hydrogens (tertiary/aromatic N) is 1. The van der Waals surface area contributed by atoms with Crippen molar-refractivity contribution in [1.82, 2.24) is 0 Å². The number of carbonyl (C=O) groups excluding carboxylic acids is 2. The molecule has 0 radical (unpaired) electrons. The second kappa shape index (κ2) is 5.06. The van der Waals surface area contributed by atoms with Gasteiger partial charge in [0.1, 0.15) is 11.6 Å². The van der Waals surface area contributed by atoms with E-state index < -0.39 is 11.6 Å². The van der Waals surface area contributed by atoms with Gasteiger partial charge in [-0.05, 0) is 12.1 Å². The summed E-state index contributed by atoms with van der Waals surface area (Å²) in [6, 6.07) is 2.98. The van der Waals surface area contributed by atoms with Crippen LogP contribution < -0.4 is 4.90 Å². The van der Waals surface area contributed by atoms with Gasteiger partial charge in [-0.15, -0.1) is 0 Å². The summed E-state index contributed by atoms with van der Waals surface area (Å²) < 4.78 is 26.2. The van der Waals surface area contributed by atoms with Crippen molar-refractivity contribution in [3.63, 3.8) is 0 Å². The molecule has 0 saturated carbocycles. The van der Waals surface area contributed by atoms with E-state index in [4.69, 9.17) is 0 Å². The third-order valence-corrected chi connectivity index (χ3v) is 3.56. The van der Waals surface area contributed by atoms with Gasteiger partial charge in [0.25, 0.3) is 0 Å². The topological polar surface area (TPSA) is 37.4 Å². The molecule has 1 aliphatic heterocycles. The van der Waals surface area contributed by atoms with Crippen LogP contribution in [0, 0.1) is 11.6 Å². The molecular formula is C12H11F2NO2S. The maximum Gasteiger partial charge on any atom is 0.228 e. The van der Waals surface area contributed by atoms with Crippen molar-refractivity contribution < 1.29 is 18.4 Å². The van der Waals surface area contributed by atoms with Crippen LogP contribution in [0.2, 0.25) is 0 Å². The molecule has 0 aromatic heterocycles. The number of hydrogen-bond acceptors (Lipinski definition) is 3. The highest BCUT2D eigenvalue weighted by Gasteiger charge is 2.32. The quantitative estimate of drug-likeness (QED) is 0.828. The van der Waals surface area contributed by atoms with Gasteiger partial charge in [0.15, 0.2) is 5.12 Å². The van der Waals surface area contributed by atoms with Crippen molar-refractivity contribution in [1.29, 1.82) is 0 Å². The van der Waals surface area contributed by atoms with Gasteiger partial charge >= 0.3 is 0 Å². The molecule has 0 spiro atoms. The molecule has 6 heteroatoms. The van der Waals surface area contributed by atoms with Crippen molar-refractivity contribution in [3.8, 4) is 0 Å². The van der Waals surface area contributed by atoms with E-state index in [1.54, 1.807) is 0 Å². The molecule has 18 heavy (non-hydrogen) atoms. The SMILES string of the molecule is CC(=O)SC1CC(=O)N(c2cc(F)cc(F)c2)C1. The highest BCUT2D eigenvalue weighted by Crippen LogP contribution is 2.29. The number of thioether (sulfide) groups is 1. The van der Waals surface area contributed by atoms with E-state index in [0.717, 1.165) is 30.0 Å². The average Bonchev–Trinajstić information content (AvgIpc) is 2.56. The highest BCUT2D eigenvalue weighted by molar-refractivity contribution is 8.14. The molecule has 1 fully saturated rings. The summed E-state index contributed by atoms with van der Waals surface area (Å²) in [4.78, 5) is 24.0. The number of benzene rings is 1. The molecule has 2 rings (SSSR count). The van der Waals surface area contributed by atoms with Crippen molar-refractivity contribution >= 4 is 28.5 Å². The van der Waals surface area contributed by atoms with Crippen LogP contribution in [0.3, 0.4) is 0 Å². The number of rotatable bonds is 2. The zero-order valence-corrected chi connectivity index (χ0v) is 10.5. The highest BCUT2D eigenvalue weighted by atomic mass is 32.2. The molecule has 1 saturated heterocycles. The molecule has 1 aliphatic rings. The predicted octanol–water partition coefficient (Wildman–Crippen LogP) is 2.35. The van der Waals surface area contributed by atoms with E-state index in [0.29, 0.717) is 6.54 Å². The first kappa shape index (κ1) is 13.0. The summed E-state index contributed by atoms with van der Waals surface area (Å²) in [5.41, 5.74) is 0.198. The van der Waals surface area contributed by atoms with Gasteiger partial charge in [-0.25, -0.2) is 8.78 Å². The van der Waals surface area contributed by atoms with Crippen molar-refractivity contribution in [2.24, 2.45) is 0 Å². The lowest BCUT2D eigenvalue weighted by molar-refractivity contribution is -0.117. The molecule has 1 amide bonds. The lowest BCUT2D eigenvalue weighted by Crippen LogP contribution is -2.25. The molecule has 1 heterocycles. The number of hydrogen-bond donors (Lipinski definition) is 0. The molecular weight excluding hydrogens is 260 g/mol. The minimum Gasteiger partial charge on any atom is -0.311 e. The first-order valence-corrected chi connectivity index (χ1v) is 6.27. The Kier molecular flexibility index (Phi) is 3.65. The summed E-state index contributed by atoms with van der Waals surface area (Å²) in [5, 5.41) is -0.221. The van der Waals surface area contributed by atoms with E-state index in [1.807, 2.05) is 0 Å². The number of carbonyl (C=O) groups is 2. The van der Waals surface area contributed by atoms with Crippen LogP contribution in [-0.4, -0.2) is 22.8 Å². The van der Waals surface area contributed by atoms with Gasteiger partial charge in [-0.3, -0.25) is 9.59 Å². The molecule has 0 aliphatic carbocycles. The summed E-state index contributed by atoms with van der Waals surface area (Å²) in [5.74, 6) is -1.67. The van der Waals surface area contributed by atoms with Gasteiger partial charge in [-0.2, -0.15) is 0 Å². The predicted molar refractivity (Wildman–Crippen MR) is 65.4 cm³/mol. The molecule has 1 atom stereocenters. The van der Waals surface area contributed by atoms with Crippen LogP contribution in [0.15, 0.2) is 18.2 Å². The molecule has 0 bridgehead atoms. The van der Waals surface area contributed by atoms with E-state index in [2.05, 4.69) is 0 Å². The zero-order chi connectivity index (χ0) is 13.3. The first-order chi connectivity index (χ1) is 8.45. The molecule has 1 aromatic rings. The molecule has 1 unspecified atom stereocenters. The molecule has 3 nitrogen and oxygen atoms in total. The average molecular weight is 271 g/mol. The van der Waals surface area contributed by atoms with Crippen LogP contribution in [0.5, 0.6) is 0 Å².